The maximum atomic E-state index is 11.8. The van der Waals surface area contributed by atoms with E-state index >= 15 is 0 Å². The van der Waals surface area contributed by atoms with Crippen LogP contribution in [0, 0.1) is 11.8 Å². The molecule has 2 N–H and O–H groups in total. The van der Waals surface area contributed by atoms with Crippen LogP contribution in [0.15, 0.2) is 17.5 Å². The Morgan fingerprint density at radius 3 is 2.95 bits per heavy atom. The number of thiophene rings is 1. The topological polar surface area (TPSA) is 66.4 Å². The second-order valence-electron chi connectivity index (χ2n) is 4.86. The van der Waals surface area contributed by atoms with Crippen molar-refractivity contribution in [1.29, 1.82) is 0 Å². The summed E-state index contributed by atoms with van der Waals surface area (Å²) < 4.78 is 0. The minimum atomic E-state index is -0.959. The number of carboxylic acids is 1. The average molecular weight is 279 g/mol. The van der Waals surface area contributed by atoms with Gasteiger partial charge in [0.15, 0.2) is 0 Å². The van der Waals surface area contributed by atoms with E-state index in [0.717, 1.165) is 29.4 Å². The number of amides is 1. The van der Waals surface area contributed by atoms with Gasteiger partial charge in [-0.3, -0.25) is 4.79 Å². The van der Waals surface area contributed by atoms with Crippen LogP contribution in [0.2, 0.25) is 0 Å². The SMILES string of the molecule is CC(C(=O)NCc1cc(/C=C/C(=O)O)cs1)C1CC1. The van der Waals surface area contributed by atoms with E-state index in [4.69, 9.17) is 5.11 Å². The Balaban J connectivity index is 1.82. The molecule has 19 heavy (non-hydrogen) atoms. The molecule has 1 aliphatic rings. The fraction of sp³-hybridized carbons (Fsp3) is 0.429. The number of aliphatic carboxylic acids is 1. The van der Waals surface area contributed by atoms with Crippen molar-refractivity contribution in [2.75, 3.05) is 0 Å². The van der Waals surface area contributed by atoms with Gasteiger partial charge in [-0.05, 0) is 41.8 Å². The second kappa shape index (κ2) is 6.02. The lowest BCUT2D eigenvalue weighted by molar-refractivity contribution is -0.131. The van der Waals surface area contributed by atoms with E-state index in [-0.39, 0.29) is 11.8 Å². The summed E-state index contributed by atoms with van der Waals surface area (Å²) in [5.41, 5.74) is 0.854. The number of carboxylic acid groups (broad SMARTS) is 1. The van der Waals surface area contributed by atoms with Gasteiger partial charge in [0.2, 0.25) is 5.91 Å². The van der Waals surface area contributed by atoms with Crippen LogP contribution in [0.25, 0.3) is 6.08 Å². The molecule has 1 fully saturated rings. The Kier molecular flexibility index (Phi) is 4.37. The molecule has 0 spiro atoms. The van der Waals surface area contributed by atoms with Crippen LogP contribution in [-0.4, -0.2) is 17.0 Å². The molecule has 4 nitrogen and oxygen atoms in total. The minimum Gasteiger partial charge on any atom is -0.478 e. The second-order valence-corrected chi connectivity index (χ2v) is 5.86. The van der Waals surface area contributed by atoms with Crippen molar-refractivity contribution < 1.29 is 14.7 Å². The van der Waals surface area contributed by atoms with Gasteiger partial charge in [-0.2, -0.15) is 0 Å². The molecule has 1 aromatic heterocycles. The smallest absolute Gasteiger partial charge is 0.328 e. The Hall–Kier alpha value is -1.62. The maximum absolute atomic E-state index is 11.8. The van der Waals surface area contributed by atoms with E-state index in [1.165, 1.54) is 11.3 Å². The first kappa shape index (κ1) is 13.8. The zero-order chi connectivity index (χ0) is 13.8. The fourth-order valence-electron chi connectivity index (χ4n) is 1.89. The molecule has 102 valence electrons. The molecule has 1 atom stereocenters. The van der Waals surface area contributed by atoms with Gasteiger partial charge in [0.05, 0.1) is 6.54 Å². The highest BCUT2D eigenvalue weighted by atomic mass is 32.1. The molecule has 0 aromatic carbocycles. The summed E-state index contributed by atoms with van der Waals surface area (Å²) in [7, 11) is 0. The van der Waals surface area contributed by atoms with Crippen LogP contribution in [0.1, 0.15) is 30.2 Å². The summed E-state index contributed by atoms with van der Waals surface area (Å²) in [6.07, 6.45) is 4.99. The van der Waals surface area contributed by atoms with E-state index < -0.39 is 5.97 Å². The van der Waals surface area contributed by atoms with Crippen molar-refractivity contribution in [3.05, 3.63) is 28.0 Å². The first-order valence-electron chi connectivity index (χ1n) is 6.32. The van der Waals surface area contributed by atoms with E-state index in [2.05, 4.69) is 5.32 Å². The summed E-state index contributed by atoms with van der Waals surface area (Å²) in [6, 6.07) is 1.90. The number of hydrogen-bond acceptors (Lipinski definition) is 3. The van der Waals surface area contributed by atoms with Gasteiger partial charge in [-0.25, -0.2) is 4.79 Å². The van der Waals surface area contributed by atoms with Crippen molar-refractivity contribution >= 4 is 29.3 Å². The lowest BCUT2D eigenvalue weighted by atomic mass is 10.1. The van der Waals surface area contributed by atoms with Gasteiger partial charge in [0, 0.05) is 16.9 Å². The molecule has 1 aliphatic carbocycles. The lowest BCUT2D eigenvalue weighted by Gasteiger charge is -2.09. The van der Waals surface area contributed by atoms with Crippen molar-refractivity contribution in [3.8, 4) is 0 Å². The third-order valence-corrected chi connectivity index (χ3v) is 4.23. The highest BCUT2D eigenvalue weighted by Crippen LogP contribution is 2.36. The Labute approximate surface area is 116 Å². The van der Waals surface area contributed by atoms with E-state index in [1.54, 1.807) is 6.08 Å². The number of carbonyl (C=O) groups excluding carboxylic acids is 1. The molecular weight excluding hydrogens is 262 g/mol. The first-order chi connectivity index (χ1) is 9.06. The van der Waals surface area contributed by atoms with E-state index in [9.17, 15) is 9.59 Å². The highest BCUT2D eigenvalue weighted by molar-refractivity contribution is 7.10. The highest BCUT2D eigenvalue weighted by Gasteiger charge is 2.32. The van der Waals surface area contributed by atoms with Crippen LogP contribution >= 0.6 is 11.3 Å². The Bertz CT molecular complexity index is 503. The fourth-order valence-corrected chi connectivity index (χ4v) is 2.68. The van der Waals surface area contributed by atoms with Crippen molar-refractivity contribution in [2.45, 2.75) is 26.3 Å². The zero-order valence-electron chi connectivity index (χ0n) is 10.8. The molecule has 1 amide bonds. The molecule has 0 radical (unpaired) electrons. The lowest BCUT2D eigenvalue weighted by Crippen LogP contribution is -2.29. The summed E-state index contributed by atoms with van der Waals surface area (Å²) >= 11 is 1.52. The standard InChI is InChI=1S/C14H17NO3S/c1-9(11-3-4-11)14(18)15-7-12-6-10(8-19-12)2-5-13(16)17/h2,5-6,8-9,11H,3-4,7H2,1H3,(H,15,18)(H,16,17)/b5-2+. The molecule has 2 rings (SSSR count). The van der Waals surface area contributed by atoms with Gasteiger partial charge in [0.1, 0.15) is 0 Å². The van der Waals surface area contributed by atoms with Crippen LogP contribution < -0.4 is 5.32 Å². The molecule has 5 heteroatoms. The van der Waals surface area contributed by atoms with Crippen molar-refractivity contribution in [2.24, 2.45) is 11.8 Å². The number of hydrogen-bond donors (Lipinski definition) is 2. The zero-order valence-corrected chi connectivity index (χ0v) is 11.6. The average Bonchev–Trinajstić information content (AvgIpc) is 3.12. The third kappa shape index (κ3) is 4.21. The minimum absolute atomic E-state index is 0.103. The van der Waals surface area contributed by atoms with Gasteiger partial charge in [-0.15, -0.1) is 11.3 Å². The molecule has 0 bridgehead atoms. The summed E-state index contributed by atoms with van der Waals surface area (Å²) in [5.74, 6) is -0.179. The van der Waals surface area contributed by atoms with E-state index in [0.29, 0.717) is 12.5 Å². The summed E-state index contributed by atoms with van der Waals surface area (Å²) in [4.78, 5) is 23.2. The summed E-state index contributed by atoms with van der Waals surface area (Å²) in [6.45, 7) is 2.49. The molecule has 0 saturated heterocycles. The molecule has 1 unspecified atom stereocenters. The number of carbonyl (C=O) groups is 2. The van der Waals surface area contributed by atoms with Crippen LogP contribution in [0.3, 0.4) is 0 Å². The Morgan fingerprint density at radius 2 is 2.32 bits per heavy atom. The normalized spacial score (nSPS) is 16.5. The molecule has 1 heterocycles. The van der Waals surface area contributed by atoms with Gasteiger partial charge >= 0.3 is 5.97 Å². The Morgan fingerprint density at radius 1 is 1.58 bits per heavy atom. The summed E-state index contributed by atoms with van der Waals surface area (Å²) in [5, 5.41) is 13.3. The van der Waals surface area contributed by atoms with Gasteiger partial charge in [-0.1, -0.05) is 6.92 Å². The van der Waals surface area contributed by atoms with Crippen LogP contribution in [0.4, 0.5) is 0 Å². The van der Waals surface area contributed by atoms with Crippen LogP contribution in [0.5, 0.6) is 0 Å². The quantitative estimate of drug-likeness (QED) is 0.786. The molecule has 0 aliphatic heterocycles. The van der Waals surface area contributed by atoms with Gasteiger partial charge < -0.3 is 10.4 Å². The molecular formula is C14H17NO3S. The molecule has 1 aromatic rings. The monoisotopic (exact) mass is 279 g/mol. The first-order valence-corrected chi connectivity index (χ1v) is 7.20. The largest absolute Gasteiger partial charge is 0.478 e. The maximum Gasteiger partial charge on any atom is 0.328 e. The van der Waals surface area contributed by atoms with Crippen molar-refractivity contribution in [1.82, 2.24) is 5.32 Å². The number of rotatable bonds is 6. The van der Waals surface area contributed by atoms with E-state index in [1.807, 2.05) is 18.4 Å². The van der Waals surface area contributed by atoms with Crippen molar-refractivity contribution in [3.63, 3.8) is 0 Å². The third-order valence-electron chi connectivity index (χ3n) is 3.27. The van der Waals surface area contributed by atoms with Crippen LogP contribution in [-0.2, 0) is 16.1 Å². The predicted octanol–water partition coefficient (Wildman–Crippen LogP) is 2.51. The molecule has 1 saturated carbocycles. The van der Waals surface area contributed by atoms with Gasteiger partial charge in [0.25, 0.3) is 0 Å². The predicted molar refractivity (Wildman–Crippen MR) is 74.7 cm³/mol. The number of nitrogens with one attached hydrogen (secondary N) is 1.